The summed E-state index contributed by atoms with van der Waals surface area (Å²) in [5.74, 6) is -0.115. The molecule has 21 heavy (non-hydrogen) atoms. The lowest BCUT2D eigenvalue weighted by Crippen LogP contribution is -2.24. The SMILES string of the molecule is CC(=O)Nc1nc(CN(CCCO)c2ccccc2)cs1. The van der Waals surface area contributed by atoms with E-state index in [1.165, 1.54) is 18.3 Å². The fourth-order valence-electron chi connectivity index (χ4n) is 1.98. The summed E-state index contributed by atoms with van der Waals surface area (Å²) < 4.78 is 0. The van der Waals surface area contributed by atoms with Crippen molar-refractivity contribution in [1.29, 1.82) is 0 Å². The van der Waals surface area contributed by atoms with Crippen LogP contribution in [0.2, 0.25) is 0 Å². The van der Waals surface area contributed by atoms with Crippen molar-refractivity contribution in [1.82, 2.24) is 4.98 Å². The molecule has 112 valence electrons. The molecule has 2 rings (SSSR count). The molecule has 0 bridgehead atoms. The van der Waals surface area contributed by atoms with Crippen LogP contribution in [0, 0.1) is 0 Å². The minimum absolute atomic E-state index is 0.115. The number of rotatable bonds is 7. The molecule has 2 aromatic rings. The monoisotopic (exact) mass is 305 g/mol. The highest BCUT2D eigenvalue weighted by Crippen LogP contribution is 2.20. The van der Waals surface area contributed by atoms with Crippen molar-refractivity contribution >= 4 is 28.1 Å². The number of amides is 1. The molecule has 1 aromatic heterocycles. The van der Waals surface area contributed by atoms with E-state index in [-0.39, 0.29) is 12.5 Å². The number of aliphatic hydroxyl groups is 1. The minimum atomic E-state index is -0.115. The van der Waals surface area contributed by atoms with Crippen molar-refractivity contribution in [2.45, 2.75) is 19.9 Å². The molecule has 0 fully saturated rings. The maximum absolute atomic E-state index is 11.0. The third-order valence-corrected chi connectivity index (χ3v) is 3.70. The second kappa shape index (κ2) is 7.75. The van der Waals surface area contributed by atoms with Crippen LogP contribution in [0.4, 0.5) is 10.8 Å². The second-order valence-electron chi connectivity index (χ2n) is 4.66. The van der Waals surface area contributed by atoms with E-state index in [9.17, 15) is 4.79 Å². The molecular weight excluding hydrogens is 286 g/mol. The third-order valence-electron chi connectivity index (χ3n) is 2.90. The van der Waals surface area contributed by atoms with Crippen LogP contribution < -0.4 is 10.2 Å². The molecule has 1 amide bonds. The number of para-hydroxylation sites is 1. The van der Waals surface area contributed by atoms with Crippen molar-refractivity contribution in [2.75, 3.05) is 23.4 Å². The van der Waals surface area contributed by atoms with Crippen molar-refractivity contribution in [3.05, 3.63) is 41.4 Å². The van der Waals surface area contributed by atoms with Crippen LogP contribution in [-0.2, 0) is 11.3 Å². The Morgan fingerprint density at radius 1 is 1.38 bits per heavy atom. The Bertz CT molecular complexity index is 571. The first kappa shape index (κ1) is 15.5. The van der Waals surface area contributed by atoms with Gasteiger partial charge in [-0.25, -0.2) is 4.98 Å². The van der Waals surface area contributed by atoms with Crippen molar-refractivity contribution in [3.8, 4) is 0 Å². The molecule has 2 N–H and O–H groups in total. The number of hydrogen-bond acceptors (Lipinski definition) is 5. The number of anilines is 2. The zero-order valence-electron chi connectivity index (χ0n) is 12.0. The van der Waals surface area contributed by atoms with Gasteiger partial charge in [0.2, 0.25) is 5.91 Å². The molecule has 0 unspecified atom stereocenters. The summed E-state index contributed by atoms with van der Waals surface area (Å²) in [5, 5.41) is 14.3. The smallest absolute Gasteiger partial charge is 0.223 e. The zero-order chi connectivity index (χ0) is 15.1. The molecule has 5 nitrogen and oxygen atoms in total. The predicted molar refractivity (Wildman–Crippen MR) is 85.6 cm³/mol. The van der Waals surface area contributed by atoms with Crippen LogP contribution in [0.3, 0.4) is 0 Å². The normalized spacial score (nSPS) is 10.4. The number of benzene rings is 1. The van der Waals surface area contributed by atoms with Gasteiger partial charge in [0.15, 0.2) is 5.13 Å². The van der Waals surface area contributed by atoms with Gasteiger partial charge in [-0.2, -0.15) is 0 Å². The number of nitrogens with one attached hydrogen (secondary N) is 1. The van der Waals surface area contributed by atoms with Crippen LogP contribution in [0.1, 0.15) is 19.0 Å². The lowest BCUT2D eigenvalue weighted by atomic mass is 10.2. The van der Waals surface area contributed by atoms with Gasteiger partial charge in [0.1, 0.15) is 0 Å². The Balaban J connectivity index is 2.07. The van der Waals surface area contributed by atoms with E-state index in [1.807, 2.05) is 35.7 Å². The van der Waals surface area contributed by atoms with E-state index in [0.717, 1.165) is 17.9 Å². The Morgan fingerprint density at radius 3 is 2.81 bits per heavy atom. The summed E-state index contributed by atoms with van der Waals surface area (Å²) in [5.41, 5.74) is 2.01. The van der Waals surface area contributed by atoms with E-state index >= 15 is 0 Å². The first-order chi connectivity index (χ1) is 10.2. The molecular formula is C15H19N3O2S. The molecule has 1 aromatic carbocycles. The molecule has 0 radical (unpaired) electrons. The molecule has 6 heteroatoms. The Morgan fingerprint density at radius 2 is 2.14 bits per heavy atom. The average Bonchev–Trinajstić information content (AvgIpc) is 2.90. The maximum atomic E-state index is 11.0. The van der Waals surface area contributed by atoms with Gasteiger partial charge in [-0.05, 0) is 18.6 Å². The van der Waals surface area contributed by atoms with Crippen LogP contribution in [-0.4, -0.2) is 29.1 Å². The van der Waals surface area contributed by atoms with Crippen molar-refractivity contribution in [3.63, 3.8) is 0 Å². The number of carbonyl (C=O) groups excluding carboxylic acids is 1. The van der Waals surface area contributed by atoms with E-state index < -0.39 is 0 Å². The summed E-state index contributed by atoms with van der Waals surface area (Å²) in [6.45, 7) is 3.05. The van der Waals surface area contributed by atoms with Gasteiger partial charge in [0.05, 0.1) is 12.2 Å². The second-order valence-corrected chi connectivity index (χ2v) is 5.52. The zero-order valence-corrected chi connectivity index (χ0v) is 12.8. The van der Waals surface area contributed by atoms with E-state index in [1.54, 1.807) is 0 Å². The maximum Gasteiger partial charge on any atom is 0.223 e. The molecule has 0 aliphatic rings. The molecule has 0 aliphatic carbocycles. The molecule has 0 atom stereocenters. The summed E-state index contributed by atoms with van der Waals surface area (Å²) >= 11 is 1.42. The number of carbonyl (C=O) groups is 1. The lowest BCUT2D eigenvalue weighted by Gasteiger charge is -2.23. The number of nitrogens with zero attached hydrogens (tertiary/aromatic N) is 2. The highest BCUT2D eigenvalue weighted by atomic mass is 32.1. The van der Waals surface area contributed by atoms with E-state index in [4.69, 9.17) is 5.11 Å². The Kier molecular flexibility index (Phi) is 5.71. The molecule has 0 aliphatic heterocycles. The van der Waals surface area contributed by atoms with E-state index in [2.05, 4.69) is 15.2 Å². The quantitative estimate of drug-likeness (QED) is 0.825. The van der Waals surface area contributed by atoms with Gasteiger partial charge in [0, 0.05) is 31.1 Å². The molecule has 0 spiro atoms. The fourth-order valence-corrected chi connectivity index (χ4v) is 2.73. The largest absolute Gasteiger partial charge is 0.396 e. The van der Waals surface area contributed by atoms with Crippen molar-refractivity contribution < 1.29 is 9.90 Å². The van der Waals surface area contributed by atoms with E-state index in [0.29, 0.717) is 18.1 Å². The number of hydrogen-bond donors (Lipinski definition) is 2. The van der Waals surface area contributed by atoms with Gasteiger partial charge in [-0.3, -0.25) is 4.79 Å². The summed E-state index contributed by atoms with van der Waals surface area (Å²) in [4.78, 5) is 17.6. The number of thiazole rings is 1. The first-order valence-electron chi connectivity index (χ1n) is 6.82. The average molecular weight is 305 g/mol. The fraction of sp³-hybridized carbons (Fsp3) is 0.333. The van der Waals surface area contributed by atoms with Gasteiger partial charge >= 0.3 is 0 Å². The number of aromatic nitrogens is 1. The van der Waals surface area contributed by atoms with Gasteiger partial charge in [0.25, 0.3) is 0 Å². The van der Waals surface area contributed by atoms with Crippen molar-refractivity contribution in [2.24, 2.45) is 0 Å². The third kappa shape index (κ3) is 4.84. The standard InChI is InChI=1S/C15H19N3O2S/c1-12(20)16-15-17-13(11-21-15)10-18(8-5-9-19)14-6-3-2-4-7-14/h2-4,6-7,11,19H,5,8-10H2,1H3,(H,16,17,20). The highest BCUT2D eigenvalue weighted by molar-refractivity contribution is 7.13. The summed E-state index contributed by atoms with van der Waals surface area (Å²) in [6.07, 6.45) is 0.706. The summed E-state index contributed by atoms with van der Waals surface area (Å²) in [6, 6.07) is 10.0. The molecule has 0 saturated carbocycles. The van der Waals surface area contributed by atoms with Crippen LogP contribution in [0.5, 0.6) is 0 Å². The van der Waals surface area contributed by atoms with Gasteiger partial charge in [-0.15, -0.1) is 11.3 Å². The van der Waals surface area contributed by atoms with Crippen LogP contribution in [0.25, 0.3) is 0 Å². The Labute approximate surface area is 128 Å². The van der Waals surface area contributed by atoms with Gasteiger partial charge in [-0.1, -0.05) is 18.2 Å². The van der Waals surface area contributed by atoms with Crippen LogP contribution in [0.15, 0.2) is 35.7 Å². The predicted octanol–water partition coefficient (Wildman–Crippen LogP) is 2.49. The van der Waals surface area contributed by atoms with Gasteiger partial charge < -0.3 is 15.3 Å². The first-order valence-corrected chi connectivity index (χ1v) is 7.70. The minimum Gasteiger partial charge on any atom is -0.396 e. The topological polar surface area (TPSA) is 65.5 Å². The van der Waals surface area contributed by atoms with Crippen LogP contribution >= 0.6 is 11.3 Å². The number of aliphatic hydroxyl groups excluding tert-OH is 1. The summed E-state index contributed by atoms with van der Waals surface area (Å²) in [7, 11) is 0. The lowest BCUT2D eigenvalue weighted by molar-refractivity contribution is -0.114. The molecule has 1 heterocycles. The highest BCUT2D eigenvalue weighted by Gasteiger charge is 2.10. The Hall–Kier alpha value is -1.92. The molecule has 0 saturated heterocycles.